The van der Waals surface area contributed by atoms with E-state index >= 15 is 0 Å². The number of nitrogens with one attached hydrogen (secondary N) is 1. The Hall–Kier alpha value is -2.37. The number of nitrogen functional groups attached to an aromatic ring is 1. The number of hydrogen-bond acceptors (Lipinski definition) is 5. The van der Waals surface area contributed by atoms with Gasteiger partial charge in [-0.15, -0.1) is 0 Å². The Morgan fingerprint density at radius 1 is 1.47 bits per heavy atom. The van der Waals surface area contributed by atoms with E-state index in [4.69, 9.17) is 10.3 Å². The molecule has 2 aromatic rings. The van der Waals surface area contributed by atoms with E-state index in [0.717, 1.165) is 18.5 Å². The molecule has 0 atom stereocenters. The van der Waals surface area contributed by atoms with Crippen molar-refractivity contribution < 1.29 is 9.32 Å². The number of hydrogen-bond donors (Lipinski definition) is 2. The van der Waals surface area contributed by atoms with Gasteiger partial charge in [0, 0.05) is 17.3 Å². The third-order valence-corrected chi connectivity index (χ3v) is 2.58. The van der Waals surface area contributed by atoms with Crippen LogP contribution in [0.25, 0.3) is 0 Å². The summed E-state index contributed by atoms with van der Waals surface area (Å²) in [5.74, 6) is 0.753. The average molecular weight is 260 g/mol. The summed E-state index contributed by atoms with van der Waals surface area (Å²) in [7, 11) is 0. The Balaban J connectivity index is 2.05. The molecule has 0 aliphatic heterocycles. The summed E-state index contributed by atoms with van der Waals surface area (Å²) in [6.45, 7) is 2.35. The molecule has 1 amide bonds. The summed E-state index contributed by atoms with van der Waals surface area (Å²) in [5.41, 5.74) is 7.03. The summed E-state index contributed by atoms with van der Waals surface area (Å²) in [5, 5.41) is 6.31. The van der Waals surface area contributed by atoms with Crippen LogP contribution in [0.1, 0.15) is 35.2 Å². The smallest absolute Gasteiger partial charge is 0.251 e. The van der Waals surface area contributed by atoms with Crippen LogP contribution < -0.4 is 11.1 Å². The summed E-state index contributed by atoms with van der Waals surface area (Å²) < 4.78 is 4.90. The van der Waals surface area contributed by atoms with Gasteiger partial charge in [0.25, 0.3) is 5.91 Å². The molecule has 19 heavy (non-hydrogen) atoms. The number of carbonyl (C=O) groups is 1. The van der Waals surface area contributed by atoms with E-state index in [-0.39, 0.29) is 5.91 Å². The van der Waals surface area contributed by atoms with Crippen molar-refractivity contribution in [2.75, 3.05) is 5.73 Å². The molecule has 100 valence electrons. The van der Waals surface area contributed by atoms with Crippen LogP contribution in [-0.2, 0) is 13.0 Å². The SMILES string of the molecule is CCCc1cc(C(=O)NCc2ccno2)cc(N)n1. The van der Waals surface area contributed by atoms with Gasteiger partial charge in [-0.05, 0) is 18.6 Å². The summed E-state index contributed by atoms with van der Waals surface area (Å²) >= 11 is 0. The molecule has 0 aliphatic carbocycles. The Labute approximate surface area is 111 Å². The Morgan fingerprint density at radius 2 is 2.32 bits per heavy atom. The monoisotopic (exact) mass is 260 g/mol. The first kappa shape index (κ1) is 13.1. The van der Waals surface area contributed by atoms with Crippen molar-refractivity contribution >= 4 is 11.7 Å². The predicted molar refractivity (Wildman–Crippen MR) is 70.3 cm³/mol. The molecule has 3 N–H and O–H groups in total. The van der Waals surface area contributed by atoms with Crippen molar-refractivity contribution in [3.05, 3.63) is 41.4 Å². The molecule has 6 nitrogen and oxygen atoms in total. The lowest BCUT2D eigenvalue weighted by Crippen LogP contribution is -2.23. The molecule has 0 spiro atoms. The minimum Gasteiger partial charge on any atom is -0.384 e. The van der Waals surface area contributed by atoms with E-state index in [0.29, 0.717) is 23.7 Å². The minimum atomic E-state index is -0.206. The molecule has 0 radical (unpaired) electrons. The van der Waals surface area contributed by atoms with Crippen LogP contribution in [0.3, 0.4) is 0 Å². The molecule has 6 heteroatoms. The van der Waals surface area contributed by atoms with Crippen LogP contribution in [-0.4, -0.2) is 16.0 Å². The fourth-order valence-electron chi connectivity index (χ4n) is 1.73. The van der Waals surface area contributed by atoms with Gasteiger partial charge in [0.1, 0.15) is 5.82 Å². The van der Waals surface area contributed by atoms with E-state index < -0.39 is 0 Å². The lowest BCUT2D eigenvalue weighted by Gasteiger charge is -2.06. The van der Waals surface area contributed by atoms with Crippen LogP contribution >= 0.6 is 0 Å². The zero-order chi connectivity index (χ0) is 13.7. The fraction of sp³-hybridized carbons (Fsp3) is 0.308. The first-order chi connectivity index (χ1) is 9.19. The van der Waals surface area contributed by atoms with Crippen LogP contribution in [0.15, 0.2) is 28.9 Å². The fourth-order valence-corrected chi connectivity index (χ4v) is 1.73. The lowest BCUT2D eigenvalue weighted by molar-refractivity contribution is 0.0947. The van der Waals surface area contributed by atoms with Gasteiger partial charge in [-0.25, -0.2) is 4.98 Å². The maximum Gasteiger partial charge on any atom is 0.251 e. The minimum absolute atomic E-state index is 0.206. The Bertz CT molecular complexity index is 552. The molecule has 0 aromatic carbocycles. The van der Waals surface area contributed by atoms with Crippen LogP contribution in [0, 0.1) is 0 Å². The van der Waals surface area contributed by atoms with Gasteiger partial charge in [-0.2, -0.15) is 0 Å². The normalized spacial score (nSPS) is 10.4. The number of aromatic nitrogens is 2. The number of anilines is 1. The van der Waals surface area contributed by atoms with Crippen molar-refractivity contribution in [2.45, 2.75) is 26.3 Å². The first-order valence-electron chi connectivity index (χ1n) is 6.13. The largest absolute Gasteiger partial charge is 0.384 e. The maximum absolute atomic E-state index is 12.0. The molecule has 0 aliphatic rings. The summed E-state index contributed by atoms with van der Waals surface area (Å²) in [6.07, 6.45) is 3.29. The van der Waals surface area contributed by atoms with Crippen molar-refractivity contribution in [3.63, 3.8) is 0 Å². The molecule has 0 saturated heterocycles. The molecule has 0 unspecified atom stereocenters. The third-order valence-electron chi connectivity index (χ3n) is 2.58. The number of rotatable bonds is 5. The van der Waals surface area contributed by atoms with Crippen LogP contribution in [0.2, 0.25) is 0 Å². The number of amides is 1. The van der Waals surface area contributed by atoms with Gasteiger partial charge >= 0.3 is 0 Å². The molecule has 2 heterocycles. The second kappa shape index (κ2) is 5.99. The molecule has 0 fully saturated rings. The van der Waals surface area contributed by atoms with Gasteiger partial charge in [0.15, 0.2) is 5.76 Å². The number of nitrogens with zero attached hydrogens (tertiary/aromatic N) is 2. The number of nitrogens with two attached hydrogens (primary N) is 1. The first-order valence-corrected chi connectivity index (χ1v) is 6.13. The van der Waals surface area contributed by atoms with Crippen molar-refractivity contribution in [2.24, 2.45) is 0 Å². The second-order valence-corrected chi connectivity index (χ2v) is 4.18. The van der Waals surface area contributed by atoms with E-state index in [1.165, 1.54) is 6.20 Å². The van der Waals surface area contributed by atoms with E-state index in [1.807, 2.05) is 0 Å². The molecular weight excluding hydrogens is 244 g/mol. The Morgan fingerprint density at radius 3 is 3.00 bits per heavy atom. The highest BCUT2D eigenvalue weighted by Gasteiger charge is 2.09. The van der Waals surface area contributed by atoms with Gasteiger partial charge in [0.05, 0.1) is 12.7 Å². The molecule has 2 aromatic heterocycles. The maximum atomic E-state index is 12.0. The standard InChI is InChI=1S/C13H16N4O2/c1-2-3-10-6-9(7-12(14)17-10)13(18)15-8-11-4-5-16-19-11/h4-7H,2-3,8H2,1H3,(H2,14,17)(H,15,18). The molecular formula is C13H16N4O2. The van der Waals surface area contributed by atoms with Gasteiger partial charge < -0.3 is 15.6 Å². The lowest BCUT2D eigenvalue weighted by atomic mass is 10.1. The predicted octanol–water partition coefficient (Wildman–Crippen LogP) is 1.53. The van der Waals surface area contributed by atoms with Gasteiger partial charge in [0.2, 0.25) is 0 Å². The third kappa shape index (κ3) is 3.54. The van der Waals surface area contributed by atoms with E-state index in [1.54, 1.807) is 18.2 Å². The van der Waals surface area contributed by atoms with Crippen LogP contribution in [0.5, 0.6) is 0 Å². The molecule has 2 rings (SSSR count). The number of carbonyl (C=O) groups excluding carboxylic acids is 1. The highest BCUT2D eigenvalue weighted by molar-refractivity contribution is 5.94. The highest BCUT2D eigenvalue weighted by atomic mass is 16.5. The van der Waals surface area contributed by atoms with E-state index in [9.17, 15) is 4.79 Å². The Kier molecular flexibility index (Phi) is 4.12. The second-order valence-electron chi connectivity index (χ2n) is 4.18. The van der Waals surface area contributed by atoms with Crippen LogP contribution in [0.4, 0.5) is 5.82 Å². The summed E-state index contributed by atoms with van der Waals surface area (Å²) in [6, 6.07) is 5.02. The van der Waals surface area contributed by atoms with Gasteiger partial charge in [-0.1, -0.05) is 18.5 Å². The molecule has 0 bridgehead atoms. The number of aryl methyl sites for hydroxylation is 1. The number of pyridine rings is 1. The zero-order valence-electron chi connectivity index (χ0n) is 10.7. The van der Waals surface area contributed by atoms with E-state index in [2.05, 4.69) is 22.4 Å². The van der Waals surface area contributed by atoms with Crippen molar-refractivity contribution in [3.8, 4) is 0 Å². The highest BCUT2D eigenvalue weighted by Crippen LogP contribution is 2.10. The van der Waals surface area contributed by atoms with Crippen molar-refractivity contribution in [1.82, 2.24) is 15.5 Å². The topological polar surface area (TPSA) is 94.0 Å². The van der Waals surface area contributed by atoms with Gasteiger partial charge in [-0.3, -0.25) is 4.79 Å². The quantitative estimate of drug-likeness (QED) is 0.850. The molecule has 0 saturated carbocycles. The average Bonchev–Trinajstić information content (AvgIpc) is 2.88. The summed E-state index contributed by atoms with van der Waals surface area (Å²) in [4.78, 5) is 16.2. The zero-order valence-corrected chi connectivity index (χ0v) is 10.7. The van der Waals surface area contributed by atoms with Crippen molar-refractivity contribution in [1.29, 1.82) is 0 Å².